The number of hydrogen-bond donors (Lipinski definition) is 2. The van der Waals surface area contributed by atoms with Gasteiger partial charge in [0.1, 0.15) is 5.72 Å². The summed E-state index contributed by atoms with van der Waals surface area (Å²) >= 11 is 0. The summed E-state index contributed by atoms with van der Waals surface area (Å²) in [4.78, 5) is 17.2. The van der Waals surface area contributed by atoms with E-state index in [-0.39, 0.29) is 29.9 Å². The molecule has 1 saturated carbocycles. The van der Waals surface area contributed by atoms with Crippen molar-refractivity contribution in [2.45, 2.75) is 42.9 Å². The van der Waals surface area contributed by atoms with Crippen LogP contribution >= 0.6 is 0 Å². The summed E-state index contributed by atoms with van der Waals surface area (Å²) < 4.78 is 0. The number of nitrogens with zero attached hydrogens (tertiary/aromatic N) is 2. The molecule has 5 nitrogen and oxygen atoms in total. The van der Waals surface area contributed by atoms with Gasteiger partial charge in [-0.2, -0.15) is 0 Å². The van der Waals surface area contributed by atoms with Gasteiger partial charge >= 0.3 is 0 Å². The Morgan fingerprint density at radius 2 is 2.15 bits per heavy atom. The largest absolute Gasteiger partial charge is 0.392 e. The lowest BCUT2D eigenvalue weighted by molar-refractivity contribution is -0.186. The number of benzene rings is 1. The third-order valence-electron chi connectivity index (χ3n) is 8.03. The van der Waals surface area contributed by atoms with E-state index in [9.17, 15) is 15.0 Å². The molecule has 26 heavy (non-hydrogen) atoms. The summed E-state index contributed by atoms with van der Waals surface area (Å²) in [5.74, 6) is 0.813. The molecule has 1 spiro atoms. The number of hydrogen-bond acceptors (Lipinski definition) is 4. The van der Waals surface area contributed by atoms with Gasteiger partial charge in [-0.25, -0.2) is 0 Å². The first-order valence-electron chi connectivity index (χ1n) is 9.80. The Balaban J connectivity index is 1.64. The maximum absolute atomic E-state index is 12.9. The van der Waals surface area contributed by atoms with Crippen molar-refractivity contribution in [1.29, 1.82) is 0 Å². The smallest absolute Gasteiger partial charge is 0.227 e. The molecule has 5 aliphatic rings. The van der Waals surface area contributed by atoms with Crippen LogP contribution in [-0.2, 0) is 10.2 Å². The third kappa shape index (κ3) is 1.46. The zero-order valence-electron chi connectivity index (χ0n) is 14.8. The van der Waals surface area contributed by atoms with Gasteiger partial charge in [0.15, 0.2) is 0 Å². The second kappa shape index (κ2) is 4.77. The van der Waals surface area contributed by atoms with Crippen molar-refractivity contribution in [3.8, 4) is 0 Å². The van der Waals surface area contributed by atoms with Crippen molar-refractivity contribution in [1.82, 2.24) is 4.90 Å². The van der Waals surface area contributed by atoms with Crippen LogP contribution in [0.1, 0.15) is 31.2 Å². The van der Waals surface area contributed by atoms with Crippen LogP contribution in [0.2, 0.25) is 0 Å². The van der Waals surface area contributed by atoms with Crippen LogP contribution in [0.4, 0.5) is 5.69 Å². The number of rotatable bonds is 1. The van der Waals surface area contributed by atoms with Gasteiger partial charge in [0.25, 0.3) is 0 Å². The number of anilines is 1. The lowest BCUT2D eigenvalue weighted by atomic mass is 9.52. The van der Waals surface area contributed by atoms with Crippen molar-refractivity contribution in [2.24, 2.45) is 11.8 Å². The van der Waals surface area contributed by atoms with Crippen LogP contribution in [0.3, 0.4) is 0 Å². The highest BCUT2D eigenvalue weighted by Crippen LogP contribution is 2.68. The van der Waals surface area contributed by atoms with Crippen LogP contribution in [0.15, 0.2) is 35.9 Å². The molecule has 1 aromatic carbocycles. The molecule has 6 rings (SSSR count). The van der Waals surface area contributed by atoms with E-state index in [2.05, 4.69) is 17.0 Å². The van der Waals surface area contributed by atoms with Gasteiger partial charge in [0.05, 0.1) is 18.1 Å². The molecule has 1 aliphatic carbocycles. The Hall–Kier alpha value is -1.69. The van der Waals surface area contributed by atoms with Crippen molar-refractivity contribution < 1.29 is 15.0 Å². The molecule has 5 unspecified atom stereocenters. The Labute approximate surface area is 152 Å². The summed E-state index contributed by atoms with van der Waals surface area (Å²) in [5.41, 5.74) is 2.17. The molecule has 5 heteroatoms. The van der Waals surface area contributed by atoms with Crippen LogP contribution in [0.25, 0.3) is 0 Å². The lowest BCUT2D eigenvalue weighted by Crippen LogP contribution is -2.72. The number of para-hydroxylation sites is 1. The van der Waals surface area contributed by atoms with E-state index in [1.807, 2.05) is 23.1 Å². The molecule has 3 saturated heterocycles. The zero-order chi connectivity index (χ0) is 17.7. The van der Waals surface area contributed by atoms with Gasteiger partial charge < -0.3 is 15.1 Å². The standard InChI is InChI=1S/C21H24N2O3/c24-10-7-13-12-22-9-8-20-16-3-1-2-4-17(16)23-18(25)6-5-14(19(20)23)15(13)11-21(20,22)26/h1-4,7,14-15,19,24,26H,5-6,8-12H2. The fourth-order valence-corrected chi connectivity index (χ4v) is 7.20. The number of fused-ring (bicyclic) bond motifs is 4. The fourth-order valence-electron chi connectivity index (χ4n) is 7.20. The van der Waals surface area contributed by atoms with E-state index in [1.54, 1.807) is 0 Å². The van der Waals surface area contributed by atoms with Gasteiger partial charge in [0.2, 0.25) is 5.91 Å². The molecule has 136 valence electrons. The summed E-state index contributed by atoms with van der Waals surface area (Å²) in [6.07, 6.45) is 5.02. The first kappa shape index (κ1) is 15.4. The first-order chi connectivity index (χ1) is 12.6. The van der Waals surface area contributed by atoms with E-state index < -0.39 is 5.72 Å². The number of piperidine rings is 2. The number of carbonyl (C=O) groups excluding carboxylic acids is 1. The molecular weight excluding hydrogens is 328 g/mol. The summed E-state index contributed by atoms with van der Waals surface area (Å²) in [6, 6.07) is 8.28. The predicted molar refractivity (Wildman–Crippen MR) is 96.5 cm³/mol. The minimum absolute atomic E-state index is 0.0392. The lowest BCUT2D eigenvalue weighted by Gasteiger charge is -2.61. The molecule has 1 aromatic rings. The van der Waals surface area contributed by atoms with E-state index in [0.717, 1.165) is 38.0 Å². The highest BCUT2D eigenvalue weighted by molar-refractivity contribution is 5.98. The molecule has 0 radical (unpaired) electrons. The van der Waals surface area contributed by atoms with Crippen LogP contribution in [0.5, 0.6) is 0 Å². The third-order valence-corrected chi connectivity index (χ3v) is 8.03. The normalized spacial score (nSPS) is 44.4. The Morgan fingerprint density at radius 1 is 1.31 bits per heavy atom. The number of aliphatic hydroxyl groups excluding tert-OH is 1. The van der Waals surface area contributed by atoms with Gasteiger partial charge in [0, 0.05) is 25.2 Å². The first-order valence-corrected chi connectivity index (χ1v) is 9.80. The highest BCUT2D eigenvalue weighted by atomic mass is 16.3. The maximum Gasteiger partial charge on any atom is 0.227 e. The van der Waals surface area contributed by atoms with E-state index in [0.29, 0.717) is 12.3 Å². The Kier molecular flexibility index (Phi) is 2.82. The Bertz CT molecular complexity index is 851. The van der Waals surface area contributed by atoms with Crippen LogP contribution < -0.4 is 4.90 Å². The van der Waals surface area contributed by atoms with Crippen LogP contribution in [0, 0.1) is 11.8 Å². The molecule has 0 aromatic heterocycles. The van der Waals surface area contributed by atoms with Gasteiger partial charge in [-0.3, -0.25) is 9.69 Å². The summed E-state index contributed by atoms with van der Waals surface area (Å²) in [6.45, 7) is 1.62. The van der Waals surface area contributed by atoms with E-state index in [4.69, 9.17) is 0 Å². The minimum Gasteiger partial charge on any atom is -0.392 e. The van der Waals surface area contributed by atoms with Crippen molar-refractivity contribution in [3.63, 3.8) is 0 Å². The number of amides is 1. The topological polar surface area (TPSA) is 64.0 Å². The second-order valence-electron chi connectivity index (χ2n) is 8.66. The van der Waals surface area contributed by atoms with Gasteiger partial charge in [-0.15, -0.1) is 0 Å². The van der Waals surface area contributed by atoms with Crippen molar-refractivity contribution in [3.05, 3.63) is 41.5 Å². The zero-order valence-corrected chi connectivity index (χ0v) is 14.8. The number of aliphatic hydroxyl groups is 2. The fraction of sp³-hybridized carbons (Fsp3) is 0.571. The summed E-state index contributed by atoms with van der Waals surface area (Å²) in [5, 5.41) is 21.6. The van der Waals surface area contributed by atoms with Crippen molar-refractivity contribution in [2.75, 3.05) is 24.6 Å². The molecule has 5 atom stereocenters. The van der Waals surface area contributed by atoms with E-state index in [1.165, 1.54) is 11.1 Å². The molecular formula is C21H24N2O3. The quantitative estimate of drug-likeness (QED) is 0.750. The van der Waals surface area contributed by atoms with Crippen molar-refractivity contribution >= 4 is 11.6 Å². The minimum atomic E-state index is -0.895. The van der Waals surface area contributed by atoms with Crippen LogP contribution in [-0.4, -0.2) is 52.5 Å². The van der Waals surface area contributed by atoms with Gasteiger partial charge in [-0.1, -0.05) is 29.8 Å². The monoisotopic (exact) mass is 352 g/mol. The SMILES string of the molecule is O=C1CCC2C3CC4(O)N(CCC45c4ccccc4N1C25)CC3=CCO. The molecule has 2 bridgehead atoms. The van der Waals surface area contributed by atoms with Gasteiger partial charge in [-0.05, 0) is 42.7 Å². The average molecular weight is 352 g/mol. The maximum atomic E-state index is 12.9. The number of carbonyl (C=O) groups is 1. The predicted octanol–water partition coefficient (Wildman–Crippen LogP) is 1.40. The molecule has 4 fully saturated rings. The summed E-state index contributed by atoms with van der Waals surface area (Å²) in [7, 11) is 0. The Morgan fingerprint density at radius 3 is 3.00 bits per heavy atom. The molecule has 2 N–H and O–H groups in total. The molecule has 4 heterocycles. The second-order valence-corrected chi connectivity index (χ2v) is 8.66. The highest BCUT2D eigenvalue weighted by Gasteiger charge is 2.75. The average Bonchev–Trinajstić information content (AvgIpc) is 3.13. The molecule has 4 aliphatic heterocycles. The molecule has 1 amide bonds. The van der Waals surface area contributed by atoms with E-state index >= 15 is 0 Å².